The highest BCUT2D eigenvalue weighted by molar-refractivity contribution is 5.95. The fraction of sp³-hybridized carbons (Fsp3) is 0.111. The lowest BCUT2D eigenvalue weighted by Gasteiger charge is -2.12. The number of hydrogen-bond acceptors (Lipinski definition) is 4. The van der Waals surface area contributed by atoms with Gasteiger partial charge in [0, 0.05) is 16.8 Å². The Morgan fingerprint density at radius 2 is 1.71 bits per heavy atom. The van der Waals surface area contributed by atoms with Crippen LogP contribution in [0, 0.1) is 11.8 Å². The van der Waals surface area contributed by atoms with Crippen molar-refractivity contribution >= 4 is 17.7 Å². The molecule has 2 aromatic carbocycles. The molecule has 6 nitrogen and oxygen atoms in total. The molecular weight excluding hydrogens is 308 g/mol. The summed E-state index contributed by atoms with van der Waals surface area (Å²) in [6.07, 6.45) is -1.66. The van der Waals surface area contributed by atoms with E-state index in [-0.39, 0.29) is 6.54 Å². The van der Waals surface area contributed by atoms with Gasteiger partial charge in [0.2, 0.25) is 6.10 Å². The molecule has 1 atom stereocenters. The van der Waals surface area contributed by atoms with E-state index in [1.54, 1.807) is 24.3 Å². The molecule has 1 heterocycles. The number of hydrogen-bond donors (Lipinski definition) is 2. The largest absolute Gasteiger partial charge is 0.434 e. The van der Waals surface area contributed by atoms with Gasteiger partial charge in [-0.2, -0.15) is 0 Å². The second kappa shape index (κ2) is 6.86. The first kappa shape index (κ1) is 15.6. The highest BCUT2D eigenvalue weighted by atomic mass is 16.6. The molecule has 24 heavy (non-hydrogen) atoms. The monoisotopic (exact) mass is 322 g/mol. The van der Waals surface area contributed by atoms with E-state index in [1.807, 2.05) is 30.3 Å². The number of rotatable bonds is 2. The van der Waals surface area contributed by atoms with Crippen LogP contribution in [0.3, 0.4) is 0 Å². The molecule has 0 aliphatic carbocycles. The fourth-order valence-electron chi connectivity index (χ4n) is 2.27. The summed E-state index contributed by atoms with van der Waals surface area (Å²) in [6.45, 7) is 0.0419. The van der Waals surface area contributed by atoms with Gasteiger partial charge in [0.25, 0.3) is 5.91 Å². The summed E-state index contributed by atoms with van der Waals surface area (Å²) >= 11 is 0. The number of nitrogens with zero attached hydrogens (tertiary/aromatic N) is 1. The first-order valence-electron chi connectivity index (χ1n) is 7.26. The molecule has 120 valence electrons. The van der Waals surface area contributed by atoms with Gasteiger partial charge in [0.1, 0.15) is 0 Å². The lowest BCUT2D eigenvalue weighted by molar-refractivity contribution is -0.136. The van der Waals surface area contributed by atoms with E-state index in [0.29, 0.717) is 5.69 Å². The van der Waals surface area contributed by atoms with E-state index < -0.39 is 18.1 Å². The number of anilines is 1. The van der Waals surface area contributed by atoms with Crippen LogP contribution in [0.25, 0.3) is 0 Å². The van der Waals surface area contributed by atoms with Gasteiger partial charge in [-0.15, -0.1) is 0 Å². The van der Waals surface area contributed by atoms with E-state index in [9.17, 15) is 9.59 Å². The van der Waals surface area contributed by atoms with Crippen molar-refractivity contribution in [2.75, 3.05) is 11.4 Å². The Bertz CT molecular complexity index is 806. The number of benzene rings is 2. The number of nitrogens with one attached hydrogen (secondary N) is 1. The molecule has 0 saturated carbocycles. The zero-order valence-electron chi connectivity index (χ0n) is 12.6. The highest BCUT2D eigenvalue weighted by Gasteiger charge is 2.36. The molecule has 2 N–H and O–H groups in total. The van der Waals surface area contributed by atoms with Gasteiger partial charge in [-0.25, -0.2) is 10.3 Å². The minimum atomic E-state index is -1.03. The molecule has 1 aliphatic heterocycles. The summed E-state index contributed by atoms with van der Waals surface area (Å²) in [4.78, 5) is 24.5. The summed E-state index contributed by atoms with van der Waals surface area (Å²) in [7, 11) is 0. The Labute approximate surface area is 138 Å². The summed E-state index contributed by atoms with van der Waals surface area (Å²) in [5.41, 5.74) is 3.80. The second-order valence-electron chi connectivity index (χ2n) is 5.12. The number of amides is 2. The summed E-state index contributed by atoms with van der Waals surface area (Å²) < 4.78 is 4.90. The highest BCUT2D eigenvalue weighted by Crippen LogP contribution is 2.22. The van der Waals surface area contributed by atoms with Crippen molar-refractivity contribution in [3.05, 3.63) is 65.7 Å². The van der Waals surface area contributed by atoms with Gasteiger partial charge < -0.3 is 4.74 Å². The third-order valence-electron chi connectivity index (χ3n) is 3.52. The minimum absolute atomic E-state index is 0.0419. The zero-order valence-corrected chi connectivity index (χ0v) is 12.6. The fourth-order valence-corrected chi connectivity index (χ4v) is 2.27. The van der Waals surface area contributed by atoms with Crippen LogP contribution in [0.1, 0.15) is 11.1 Å². The summed E-state index contributed by atoms with van der Waals surface area (Å²) in [5, 5.41) is 8.60. The first-order chi connectivity index (χ1) is 11.7. The third-order valence-corrected chi connectivity index (χ3v) is 3.52. The number of cyclic esters (lactones) is 1. The van der Waals surface area contributed by atoms with E-state index >= 15 is 0 Å². The average molecular weight is 322 g/mol. The molecule has 0 radical (unpaired) electrons. The molecule has 1 fully saturated rings. The maximum Gasteiger partial charge on any atom is 0.415 e. The molecule has 1 aliphatic rings. The lowest BCUT2D eigenvalue weighted by Crippen LogP contribution is -2.35. The van der Waals surface area contributed by atoms with Gasteiger partial charge in [-0.3, -0.25) is 14.9 Å². The van der Waals surface area contributed by atoms with Crippen molar-refractivity contribution in [3.63, 3.8) is 0 Å². The topological polar surface area (TPSA) is 78.9 Å². The number of carbonyl (C=O) groups is 2. The van der Waals surface area contributed by atoms with Crippen molar-refractivity contribution in [1.82, 2.24) is 5.48 Å². The molecule has 0 aromatic heterocycles. The van der Waals surface area contributed by atoms with Crippen LogP contribution in [-0.2, 0) is 9.53 Å². The third kappa shape index (κ3) is 3.37. The Kier molecular flexibility index (Phi) is 4.45. The normalized spacial score (nSPS) is 16.1. The maximum absolute atomic E-state index is 11.8. The van der Waals surface area contributed by atoms with Gasteiger partial charge in [0.15, 0.2) is 0 Å². The Morgan fingerprint density at radius 3 is 2.33 bits per heavy atom. The number of carbonyl (C=O) groups excluding carboxylic acids is 2. The van der Waals surface area contributed by atoms with Crippen LogP contribution in [-0.4, -0.2) is 29.9 Å². The Balaban J connectivity index is 1.72. The molecule has 1 saturated heterocycles. The van der Waals surface area contributed by atoms with E-state index in [4.69, 9.17) is 9.94 Å². The maximum atomic E-state index is 11.8. The van der Waals surface area contributed by atoms with E-state index in [0.717, 1.165) is 11.1 Å². The molecule has 0 spiro atoms. The summed E-state index contributed by atoms with van der Waals surface area (Å²) in [5.74, 6) is 5.34. The SMILES string of the molecule is O=C(NO)[C@@H]1CN(c2ccc(C#Cc3ccccc3)cc2)C(=O)O1. The van der Waals surface area contributed by atoms with E-state index in [2.05, 4.69) is 11.8 Å². The van der Waals surface area contributed by atoms with Gasteiger partial charge >= 0.3 is 6.09 Å². The number of ether oxygens (including phenoxy) is 1. The van der Waals surface area contributed by atoms with Crippen LogP contribution < -0.4 is 10.4 Å². The number of hydroxylamine groups is 1. The van der Waals surface area contributed by atoms with Crippen molar-refractivity contribution in [1.29, 1.82) is 0 Å². The van der Waals surface area contributed by atoms with E-state index in [1.165, 1.54) is 10.4 Å². The summed E-state index contributed by atoms with van der Waals surface area (Å²) in [6, 6.07) is 16.7. The predicted molar refractivity (Wildman–Crippen MR) is 86.4 cm³/mol. The van der Waals surface area contributed by atoms with Crippen LogP contribution >= 0.6 is 0 Å². The Morgan fingerprint density at radius 1 is 1.08 bits per heavy atom. The minimum Gasteiger partial charge on any atom is -0.434 e. The van der Waals surface area contributed by atoms with Crippen LogP contribution in [0.2, 0.25) is 0 Å². The molecule has 2 amide bonds. The average Bonchev–Trinajstić information content (AvgIpc) is 3.02. The van der Waals surface area contributed by atoms with Crippen LogP contribution in [0.4, 0.5) is 10.5 Å². The predicted octanol–water partition coefficient (Wildman–Crippen LogP) is 1.92. The molecule has 6 heteroatoms. The lowest BCUT2D eigenvalue weighted by atomic mass is 10.1. The van der Waals surface area contributed by atoms with Gasteiger partial charge in [0.05, 0.1) is 6.54 Å². The molecular formula is C18H14N2O4. The first-order valence-corrected chi connectivity index (χ1v) is 7.26. The van der Waals surface area contributed by atoms with Crippen LogP contribution in [0.5, 0.6) is 0 Å². The van der Waals surface area contributed by atoms with Gasteiger partial charge in [-0.05, 0) is 36.4 Å². The Hall–Kier alpha value is -3.30. The zero-order chi connectivity index (χ0) is 16.9. The van der Waals surface area contributed by atoms with Gasteiger partial charge in [-0.1, -0.05) is 30.0 Å². The van der Waals surface area contributed by atoms with Crippen molar-refractivity contribution in [2.45, 2.75) is 6.10 Å². The standard InChI is InChI=1S/C18H14N2O4/c21-17(19-23)16-12-20(18(22)24-16)15-10-8-14(9-11-15)7-6-13-4-2-1-3-5-13/h1-5,8-11,16,23H,12H2,(H,19,21)/t16-/m0/s1. The van der Waals surface area contributed by atoms with Crippen LogP contribution in [0.15, 0.2) is 54.6 Å². The van der Waals surface area contributed by atoms with Crippen molar-refractivity contribution < 1.29 is 19.5 Å². The molecule has 3 rings (SSSR count). The molecule has 0 unspecified atom stereocenters. The van der Waals surface area contributed by atoms with Crippen molar-refractivity contribution in [2.24, 2.45) is 0 Å². The quantitative estimate of drug-likeness (QED) is 0.503. The van der Waals surface area contributed by atoms with Crippen molar-refractivity contribution in [3.8, 4) is 11.8 Å². The second-order valence-corrected chi connectivity index (χ2v) is 5.12. The molecule has 0 bridgehead atoms. The smallest absolute Gasteiger partial charge is 0.415 e. The molecule has 2 aromatic rings.